The summed E-state index contributed by atoms with van der Waals surface area (Å²) in [5.41, 5.74) is 4.91. The van der Waals surface area contributed by atoms with E-state index in [0.29, 0.717) is 34.8 Å². The fourth-order valence-corrected chi connectivity index (χ4v) is 2.90. The molecule has 3 N–H and O–H groups in total. The van der Waals surface area contributed by atoms with Crippen LogP contribution in [0.15, 0.2) is 29.3 Å². The van der Waals surface area contributed by atoms with Crippen LogP contribution in [0, 0.1) is 6.92 Å². The van der Waals surface area contributed by atoms with Crippen LogP contribution in [0.5, 0.6) is 11.8 Å². The fraction of sp³-hybridized carbons (Fsp3) is 0.294. The van der Waals surface area contributed by atoms with Gasteiger partial charge in [0.05, 0.1) is 12.0 Å². The van der Waals surface area contributed by atoms with Gasteiger partial charge in [-0.3, -0.25) is 15.3 Å². The number of nitrogens with one attached hydrogen (secondary N) is 3. The first-order chi connectivity index (χ1) is 13.1. The Balaban J connectivity index is 1.65. The zero-order valence-corrected chi connectivity index (χ0v) is 15.1. The second kappa shape index (κ2) is 6.63. The highest BCUT2D eigenvalue weighted by atomic mass is 16.5. The second-order valence-corrected chi connectivity index (χ2v) is 5.97. The summed E-state index contributed by atoms with van der Waals surface area (Å²) >= 11 is 0. The van der Waals surface area contributed by atoms with E-state index in [-0.39, 0.29) is 5.56 Å². The van der Waals surface area contributed by atoms with E-state index >= 15 is 0 Å². The highest BCUT2D eigenvalue weighted by molar-refractivity contribution is 5.85. The van der Waals surface area contributed by atoms with Crippen LogP contribution < -0.4 is 20.5 Å². The molecule has 0 radical (unpaired) electrons. The van der Waals surface area contributed by atoms with Crippen LogP contribution in [0.25, 0.3) is 21.8 Å². The van der Waals surface area contributed by atoms with Crippen LogP contribution in [0.3, 0.4) is 0 Å². The van der Waals surface area contributed by atoms with Crippen molar-refractivity contribution < 1.29 is 9.47 Å². The van der Waals surface area contributed by atoms with Crippen molar-refractivity contribution in [2.45, 2.75) is 27.0 Å². The standard InChI is InChI=1S/C17H19N7O3/c1-4-26-17-14-12(6-8-19-17)15(25)23-24(14)22-10(3)27-16-13-11(5-7-18-16)9(2)20-21-13/h5-8,10,22H,4H2,1-3H3,(H,20,21)(H,23,25). The van der Waals surface area contributed by atoms with Gasteiger partial charge in [-0.2, -0.15) is 9.89 Å². The Hall–Kier alpha value is -3.56. The van der Waals surface area contributed by atoms with Crippen LogP contribution in [0.1, 0.15) is 19.5 Å². The van der Waals surface area contributed by atoms with E-state index in [4.69, 9.17) is 9.47 Å². The quantitative estimate of drug-likeness (QED) is 0.442. The summed E-state index contributed by atoms with van der Waals surface area (Å²) in [7, 11) is 0. The van der Waals surface area contributed by atoms with Gasteiger partial charge in [-0.15, -0.1) is 0 Å². The topological polar surface area (TPSA) is 123 Å². The van der Waals surface area contributed by atoms with Crippen LogP contribution in [-0.4, -0.2) is 42.9 Å². The summed E-state index contributed by atoms with van der Waals surface area (Å²) in [4.78, 5) is 22.1. The molecule has 1 atom stereocenters. The molecule has 0 amide bonds. The predicted molar refractivity (Wildman–Crippen MR) is 99.6 cm³/mol. The summed E-state index contributed by atoms with van der Waals surface area (Å²) in [6.07, 6.45) is 2.68. The van der Waals surface area contributed by atoms with E-state index in [1.54, 1.807) is 19.2 Å². The first-order valence-corrected chi connectivity index (χ1v) is 8.54. The lowest BCUT2D eigenvalue weighted by Gasteiger charge is -2.18. The minimum Gasteiger partial charge on any atom is -0.476 e. The number of ether oxygens (including phenoxy) is 2. The summed E-state index contributed by atoms with van der Waals surface area (Å²) < 4.78 is 11.4. The van der Waals surface area contributed by atoms with Crippen LogP contribution in [0.2, 0.25) is 0 Å². The third-order valence-electron chi connectivity index (χ3n) is 4.08. The third-order valence-corrected chi connectivity index (χ3v) is 4.08. The highest BCUT2D eigenvalue weighted by Gasteiger charge is 2.17. The molecule has 0 spiro atoms. The Kier molecular flexibility index (Phi) is 4.15. The number of rotatable bonds is 6. The van der Waals surface area contributed by atoms with Crippen molar-refractivity contribution in [3.05, 3.63) is 40.6 Å². The maximum absolute atomic E-state index is 12.2. The van der Waals surface area contributed by atoms with Gasteiger partial charge in [0.2, 0.25) is 11.8 Å². The molecule has 0 aliphatic carbocycles. The summed E-state index contributed by atoms with van der Waals surface area (Å²) in [6, 6.07) is 3.51. The number of nitrogens with zero attached hydrogens (tertiary/aromatic N) is 4. The average molecular weight is 369 g/mol. The number of hydrogen-bond donors (Lipinski definition) is 3. The second-order valence-electron chi connectivity index (χ2n) is 5.97. The van der Waals surface area contributed by atoms with Gasteiger partial charge < -0.3 is 9.47 Å². The van der Waals surface area contributed by atoms with E-state index in [1.165, 1.54) is 11.0 Å². The zero-order chi connectivity index (χ0) is 19.0. The molecule has 4 aromatic heterocycles. The average Bonchev–Trinajstić information content (AvgIpc) is 3.18. The number of aromatic amines is 2. The Morgan fingerprint density at radius 1 is 1.22 bits per heavy atom. The molecule has 4 rings (SSSR count). The molecule has 0 fully saturated rings. The molecular formula is C17H19N7O3. The molecule has 10 heteroatoms. The molecule has 1 unspecified atom stereocenters. The smallest absolute Gasteiger partial charge is 0.273 e. The Morgan fingerprint density at radius 3 is 2.74 bits per heavy atom. The lowest BCUT2D eigenvalue weighted by molar-refractivity contribution is 0.225. The first-order valence-electron chi connectivity index (χ1n) is 8.54. The van der Waals surface area contributed by atoms with Crippen molar-refractivity contribution in [3.8, 4) is 11.8 Å². The monoisotopic (exact) mass is 369 g/mol. The maximum atomic E-state index is 12.2. The normalized spacial score (nSPS) is 12.4. The SMILES string of the molecule is CCOc1nccc2c(=O)[nH]n(NC(C)Oc3nccc4c(C)[nH]nc34)c12. The van der Waals surface area contributed by atoms with E-state index in [9.17, 15) is 4.79 Å². The molecular weight excluding hydrogens is 350 g/mol. The zero-order valence-electron chi connectivity index (χ0n) is 15.1. The molecule has 0 bridgehead atoms. The molecule has 0 aliphatic heterocycles. The summed E-state index contributed by atoms with van der Waals surface area (Å²) in [5.74, 6) is 0.745. The van der Waals surface area contributed by atoms with Gasteiger partial charge in [0.25, 0.3) is 5.56 Å². The molecule has 0 aromatic carbocycles. The predicted octanol–water partition coefficient (Wildman–Crippen LogP) is 1.67. The van der Waals surface area contributed by atoms with Crippen molar-refractivity contribution in [1.82, 2.24) is 30.1 Å². The van der Waals surface area contributed by atoms with Gasteiger partial charge in [-0.1, -0.05) is 0 Å². The van der Waals surface area contributed by atoms with Crippen LogP contribution >= 0.6 is 0 Å². The Morgan fingerprint density at radius 2 is 1.96 bits per heavy atom. The molecule has 4 heterocycles. The van der Waals surface area contributed by atoms with Crippen LogP contribution in [0.4, 0.5) is 0 Å². The first kappa shape index (κ1) is 16.9. The van der Waals surface area contributed by atoms with Gasteiger partial charge in [0.1, 0.15) is 0 Å². The van der Waals surface area contributed by atoms with Gasteiger partial charge in [-0.25, -0.2) is 15.1 Å². The molecule has 27 heavy (non-hydrogen) atoms. The van der Waals surface area contributed by atoms with Crippen molar-refractivity contribution in [3.63, 3.8) is 0 Å². The number of H-pyrrole nitrogens is 2. The summed E-state index contributed by atoms with van der Waals surface area (Å²) in [6.45, 7) is 6.01. The highest BCUT2D eigenvalue weighted by Crippen LogP contribution is 2.24. The largest absolute Gasteiger partial charge is 0.476 e. The van der Waals surface area contributed by atoms with Crippen molar-refractivity contribution in [1.29, 1.82) is 0 Å². The van der Waals surface area contributed by atoms with E-state index in [2.05, 4.69) is 30.7 Å². The summed E-state index contributed by atoms with van der Waals surface area (Å²) in [5, 5.41) is 11.3. The molecule has 0 saturated carbocycles. The minimum absolute atomic E-state index is 0.254. The molecule has 10 nitrogen and oxygen atoms in total. The Labute approximate surface area is 153 Å². The van der Waals surface area contributed by atoms with Crippen LogP contribution in [-0.2, 0) is 0 Å². The van der Waals surface area contributed by atoms with Gasteiger partial charge in [-0.05, 0) is 32.9 Å². The maximum Gasteiger partial charge on any atom is 0.273 e. The minimum atomic E-state index is -0.527. The molecule has 0 saturated heterocycles. The number of hydrogen-bond acceptors (Lipinski definition) is 7. The Bertz CT molecular complexity index is 1160. The van der Waals surface area contributed by atoms with E-state index < -0.39 is 6.23 Å². The van der Waals surface area contributed by atoms with Gasteiger partial charge >= 0.3 is 0 Å². The molecule has 0 aliphatic rings. The van der Waals surface area contributed by atoms with E-state index in [0.717, 1.165) is 11.1 Å². The van der Waals surface area contributed by atoms with Crippen molar-refractivity contribution in [2.24, 2.45) is 0 Å². The van der Waals surface area contributed by atoms with Gasteiger partial charge in [0.15, 0.2) is 17.3 Å². The number of fused-ring (bicyclic) bond motifs is 2. The van der Waals surface area contributed by atoms with E-state index in [1.807, 2.05) is 19.9 Å². The number of pyridine rings is 2. The fourth-order valence-electron chi connectivity index (χ4n) is 2.90. The lowest BCUT2D eigenvalue weighted by Crippen LogP contribution is -2.32. The van der Waals surface area contributed by atoms with Gasteiger partial charge in [0, 0.05) is 23.5 Å². The number of aromatic nitrogens is 6. The lowest BCUT2D eigenvalue weighted by atomic mass is 10.2. The third kappa shape index (κ3) is 2.94. The van der Waals surface area contributed by atoms with Crippen molar-refractivity contribution in [2.75, 3.05) is 12.0 Å². The van der Waals surface area contributed by atoms with Crippen molar-refractivity contribution >= 4 is 21.8 Å². The molecule has 4 aromatic rings. The number of aryl methyl sites for hydroxylation is 1. The molecule has 140 valence electrons.